The molecule has 0 aliphatic carbocycles. The van der Waals surface area contributed by atoms with Gasteiger partial charge < -0.3 is 19.9 Å². The molecule has 6 heteroatoms. The van der Waals surface area contributed by atoms with Crippen LogP contribution in [0.4, 0.5) is 0 Å². The van der Waals surface area contributed by atoms with Crippen LogP contribution < -0.4 is 15.2 Å². The van der Waals surface area contributed by atoms with Gasteiger partial charge >= 0.3 is 5.97 Å². The van der Waals surface area contributed by atoms with E-state index in [1.54, 1.807) is 18.2 Å². The highest BCUT2D eigenvalue weighted by molar-refractivity contribution is 5.82. The second-order valence-corrected chi connectivity index (χ2v) is 3.90. The molecule has 1 aromatic carbocycles. The molecular formula is C13H17NO5. The van der Waals surface area contributed by atoms with Crippen LogP contribution in [0.1, 0.15) is 12.5 Å². The maximum absolute atomic E-state index is 11.6. The van der Waals surface area contributed by atoms with Gasteiger partial charge in [0.05, 0.1) is 20.6 Å². The molecule has 1 aromatic rings. The Bertz CT molecular complexity index is 472. The van der Waals surface area contributed by atoms with Gasteiger partial charge in [-0.1, -0.05) is 6.07 Å². The van der Waals surface area contributed by atoms with Gasteiger partial charge in [-0.2, -0.15) is 0 Å². The van der Waals surface area contributed by atoms with Crippen molar-refractivity contribution in [3.8, 4) is 11.5 Å². The fourth-order valence-corrected chi connectivity index (χ4v) is 1.45. The van der Waals surface area contributed by atoms with E-state index in [9.17, 15) is 9.59 Å². The monoisotopic (exact) mass is 267 g/mol. The summed E-state index contributed by atoms with van der Waals surface area (Å²) in [5.41, 5.74) is 5.70. The summed E-state index contributed by atoms with van der Waals surface area (Å²) in [4.78, 5) is 22.4. The third kappa shape index (κ3) is 4.17. The van der Waals surface area contributed by atoms with Crippen LogP contribution in [0.2, 0.25) is 0 Å². The Labute approximate surface area is 111 Å². The summed E-state index contributed by atoms with van der Waals surface area (Å²) < 4.78 is 15.1. The van der Waals surface area contributed by atoms with E-state index in [1.807, 2.05) is 0 Å². The van der Waals surface area contributed by atoms with Crippen molar-refractivity contribution >= 4 is 11.9 Å². The highest BCUT2D eigenvalue weighted by Gasteiger charge is 2.15. The molecule has 1 rings (SSSR count). The van der Waals surface area contributed by atoms with Gasteiger partial charge in [0.25, 0.3) is 5.91 Å². The van der Waals surface area contributed by atoms with Crippen molar-refractivity contribution in [2.75, 3.05) is 14.2 Å². The first-order valence-electron chi connectivity index (χ1n) is 5.67. The van der Waals surface area contributed by atoms with Crippen LogP contribution in [0.15, 0.2) is 18.2 Å². The minimum absolute atomic E-state index is 0.0258. The quantitative estimate of drug-likeness (QED) is 0.765. The fourth-order valence-electron chi connectivity index (χ4n) is 1.45. The number of esters is 1. The van der Waals surface area contributed by atoms with Crippen LogP contribution >= 0.6 is 0 Å². The molecule has 2 N–H and O–H groups in total. The van der Waals surface area contributed by atoms with Crippen molar-refractivity contribution in [3.05, 3.63) is 23.8 Å². The number of hydrogen-bond donors (Lipinski definition) is 1. The molecule has 0 aliphatic rings. The number of primary amides is 1. The number of carbonyl (C=O) groups excluding carboxylic acids is 2. The van der Waals surface area contributed by atoms with Gasteiger partial charge in [0.2, 0.25) is 0 Å². The summed E-state index contributed by atoms with van der Waals surface area (Å²) >= 11 is 0. The molecule has 1 amide bonds. The number of rotatable bonds is 6. The SMILES string of the molecule is COc1ccc(CC(=O)OC(C)C(N)=O)cc1OC. The topological polar surface area (TPSA) is 87.9 Å². The second-order valence-electron chi connectivity index (χ2n) is 3.90. The van der Waals surface area contributed by atoms with E-state index >= 15 is 0 Å². The van der Waals surface area contributed by atoms with Crippen molar-refractivity contribution in [3.63, 3.8) is 0 Å². The van der Waals surface area contributed by atoms with Gasteiger partial charge in [0, 0.05) is 0 Å². The minimum atomic E-state index is -0.937. The van der Waals surface area contributed by atoms with Crippen LogP contribution in [0.3, 0.4) is 0 Å². The maximum Gasteiger partial charge on any atom is 0.311 e. The first-order chi connectivity index (χ1) is 8.97. The van der Waals surface area contributed by atoms with Crippen LogP contribution in [0.25, 0.3) is 0 Å². The normalized spacial score (nSPS) is 11.5. The van der Waals surface area contributed by atoms with Crippen LogP contribution in [-0.2, 0) is 20.7 Å². The van der Waals surface area contributed by atoms with Gasteiger partial charge in [0.15, 0.2) is 17.6 Å². The minimum Gasteiger partial charge on any atom is -0.493 e. The smallest absolute Gasteiger partial charge is 0.311 e. The van der Waals surface area contributed by atoms with E-state index in [-0.39, 0.29) is 6.42 Å². The lowest BCUT2D eigenvalue weighted by Gasteiger charge is -2.11. The molecule has 19 heavy (non-hydrogen) atoms. The predicted molar refractivity (Wildman–Crippen MR) is 68.0 cm³/mol. The van der Waals surface area contributed by atoms with E-state index in [0.29, 0.717) is 17.1 Å². The fraction of sp³-hybridized carbons (Fsp3) is 0.385. The van der Waals surface area contributed by atoms with Crippen molar-refractivity contribution in [2.45, 2.75) is 19.4 Å². The average molecular weight is 267 g/mol. The molecule has 0 saturated heterocycles. The van der Waals surface area contributed by atoms with E-state index in [4.69, 9.17) is 19.9 Å². The third-order valence-corrected chi connectivity index (χ3v) is 2.51. The van der Waals surface area contributed by atoms with Gasteiger partial charge in [-0.05, 0) is 24.6 Å². The zero-order valence-electron chi connectivity index (χ0n) is 11.1. The molecular weight excluding hydrogens is 250 g/mol. The molecule has 0 heterocycles. The second kappa shape index (κ2) is 6.63. The molecule has 0 fully saturated rings. The number of methoxy groups -OCH3 is 2. The number of amides is 1. The Hall–Kier alpha value is -2.24. The van der Waals surface area contributed by atoms with E-state index in [2.05, 4.69) is 0 Å². The number of hydrogen-bond acceptors (Lipinski definition) is 5. The largest absolute Gasteiger partial charge is 0.493 e. The lowest BCUT2D eigenvalue weighted by atomic mass is 10.1. The third-order valence-electron chi connectivity index (χ3n) is 2.51. The lowest BCUT2D eigenvalue weighted by Crippen LogP contribution is -2.30. The summed E-state index contributed by atoms with van der Waals surface area (Å²) in [6.45, 7) is 1.43. The Morgan fingerprint density at radius 2 is 1.84 bits per heavy atom. The Kier molecular flexibility index (Phi) is 5.17. The number of benzene rings is 1. The van der Waals surface area contributed by atoms with Crippen LogP contribution in [0, 0.1) is 0 Å². The summed E-state index contributed by atoms with van der Waals surface area (Å²) in [7, 11) is 3.04. The molecule has 104 valence electrons. The summed E-state index contributed by atoms with van der Waals surface area (Å²) in [5, 5.41) is 0. The molecule has 0 aliphatic heterocycles. The summed E-state index contributed by atoms with van der Waals surface area (Å²) in [6, 6.07) is 5.09. The van der Waals surface area contributed by atoms with E-state index in [0.717, 1.165) is 0 Å². The van der Waals surface area contributed by atoms with Crippen LogP contribution in [0.5, 0.6) is 11.5 Å². The van der Waals surface area contributed by atoms with Crippen molar-refractivity contribution in [1.82, 2.24) is 0 Å². The number of carbonyl (C=O) groups is 2. The van der Waals surface area contributed by atoms with Gasteiger partial charge in [0.1, 0.15) is 0 Å². The zero-order chi connectivity index (χ0) is 14.4. The van der Waals surface area contributed by atoms with E-state index in [1.165, 1.54) is 21.1 Å². The van der Waals surface area contributed by atoms with Gasteiger partial charge in [-0.15, -0.1) is 0 Å². The first kappa shape index (κ1) is 14.8. The molecule has 0 spiro atoms. The Morgan fingerprint density at radius 1 is 1.21 bits per heavy atom. The maximum atomic E-state index is 11.6. The number of ether oxygens (including phenoxy) is 3. The summed E-state index contributed by atoms with van der Waals surface area (Å²) in [6.07, 6.45) is -0.912. The standard InChI is InChI=1S/C13H17NO5/c1-8(13(14)16)19-12(15)7-9-4-5-10(17-2)11(6-9)18-3/h4-6,8H,7H2,1-3H3,(H2,14,16). The highest BCUT2D eigenvalue weighted by atomic mass is 16.5. The van der Waals surface area contributed by atoms with E-state index < -0.39 is 18.0 Å². The predicted octanol–water partition coefficient (Wildman–Crippen LogP) is 0.663. The van der Waals surface area contributed by atoms with Gasteiger partial charge in [-0.25, -0.2) is 0 Å². The Morgan fingerprint density at radius 3 is 2.37 bits per heavy atom. The lowest BCUT2D eigenvalue weighted by molar-refractivity contribution is -0.153. The first-order valence-corrected chi connectivity index (χ1v) is 5.67. The summed E-state index contributed by atoms with van der Waals surface area (Å²) in [5.74, 6) is -0.111. The molecule has 0 saturated carbocycles. The molecule has 1 unspecified atom stereocenters. The van der Waals surface area contributed by atoms with Gasteiger partial charge in [-0.3, -0.25) is 9.59 Å². The molecule has 6 nitrogen and oxygen atoms in total. The van der Waals surface area contributed by atoms with Crippen molar-refractivity contribution in [1.29, 1.82) is 0 Å². The molecule has 0 bridgehead atoms. The highest BCUT2D eigenvalue weighted by Crippen LogP contribution is 2.27. The number of nitrogens with two attached hydrogens (primary N) is 1. The Balaban J connectivity index is 2.72. The molecule has 0 radical (unpaired) electrons. The molecule has 1 atom stereocenters. The zero-order valence-corrected chi connectivity index (χ0v) is 11.1. The molecule has 0 aromatic heterocycles. The van der Waals surface area contributed by atoms with Crippen LogP contribution in [-0.4, -0.2) is 32.2 Å². The average Bonchev–Trinajstić information content (AvgIpc) is 2.38. The van der Waals surface area contributed by atoms with Crippen molar-refractivity contribution in [2.24, 2.45) is 5.73 Å². The van der Waals surface area contributed by atoms with Crippen molar-refractivity contribution < 1.29 is 23.8 Å².